The predicted octanol–water partition coefficient (Wildman–Crippen LogP) is 1.50. The molecule has 15 heavy (non-hydrogen) atoms. The number of hydrogen-bond donors (Lipinski definition) is 2. The molecule has 0 spiro atoms. The molecule has 0 bridgehead atoms. The Morgan fingerprint density at radius 3 is 2.80 bits per heavy atom. The minimum absolute atomic E-state index is 0.0335. The van der Waals surface area contributed by atoms with Gasteiger partial charge in [0.05, 0.1) is 12.8 Å². The molecule has 0 aliphatic rings. The van der Waals surface area contributed by atoms with Gasteiger partial charge >= 0.3 is 0 Å². The van der Waals surface area contributed by atoms with E-state index < -0.39 is 0 Å². The van der Waals surface area contributed by atoms with Crippen molar-refractivity contribution < 1.29 is 9.53 Å². The van der Waals surface area contributed by atoms with Gasteiger partial charge in [0, 0.05) is 13.0 Å². The van der Waals surface area contributed by atoms with Gasteiger partial charge in [0.15, 0.2) is 0 Å². The molecule has 1 amide bonds. The number of benzene rings is 1. The number of anilines is 1. The highest BCUT2D eigenvalue weighted by atomic mass is 16.5. The maximum absolute atomic E-state index is 11.2. The molecule has 0 atom stereocenters. The van der Waals surface area contributed by atoms with Crippen LogP contribution in [0.15, 0.2) is 18.2 Å². The van der Waals surface area contributed by atoms with Crippen LogP contribution in [0.1, 0.15) is 18.9 Å². The monoisotopic (exact) mass is 208 g/mol. The first-order valence-corrected chi connectivity index (χ1v) is 4.88. The van der Waals surface area contributed by atoms with Crippen LogP contribution in [-0.2, 0) is 11.3 Å². The summed E-state index contributed by atoms with van der Waals surface area (Å²) >= 11 is 0. The molecule has 0 saturated carbocycles. The summed E-state index contributed by atoms with van der Waals surface area (Å²) in [5.41, 5.74) is 7.16. The van der Waals surface area contributed by atoms with E-state index in [2.05, 4.69) is 5.32 Å². The second-order valence-corrected chi connectivity index (χ2v) is 3.14. The number of carbonyl (C=O) groups excluding carboxylic acids is 1. The third kappa shape index (κ3) is 2.95. The van der Waals surface area contributed by atoms with Gasteiger partial charge in [0.1, 0.15) is 5.75 Å². The van der Waals surface area contributed by atoms with E-state index in [9.17, 15) is 4.79 Å². The van der Waals surface area contributed by atoms with E-state index in [4.69, 9.17) is 10.5 Å². The molecule has 0 fully saturated rings. The molecule has 3 N–H and O–H groups in total. The normalized spacial score (nSPS) is 9.80. The third-order valence-electron chi connectivity index (χ3n) is 2.10. The van der Waals surface area contributed by atoms with Gasteiger partial charge in [0.25, 0.3) is 0 Å². The molecule has 1 aromatic rings. The molecule has 4 nitrogen and oxygen atoms in total. The minimum atomic E-state index is -0.0335. The van der Waals surface area contributed by atoms with Crippen LogP contribution in [0.25, 0.3) is 0 Å². The lowest BCUT2D eigenvalue weighted by Crippen LogP contribution is -2.10. The average molecular weight is 208 g/mol. The lowest BCUT2D eigenvalue weighted by Gasteiger charge is -2.10. The van der Waals surface area contributed by atoms with Gasteiger partial charge < -0.3 is 15.8 Å². The number of methoxy groups -OCH3 is 1. The van der Waals surface area contributed by atoms with Crippen LogP contribution in [0.2, 0.25) is 0 Å². The molecule has 0 radical (unpaired) electrons. The first-order chi connectivity index (χ1) is 7.21. The quantitative estimate of drug-likeness (QED) is 0.788. The second kappa shape index (κ2) is 5.36. The summed E-state index contributed by atoms with van der Waals surface area (Å²) in [5.74, 6) is 0.605. The molecule has 4 heteroatoms. The Labute approximate surface area is 89.4 Å². The van der Waals surface area contributed by atoms with Gasteiger partial charge in [-0.2, -0.15) is 0 Å². The van der Waals surface area contributed by atoms with E-state index >= 15 is 0 Å². The standard InChI is InChI=1S/C11H16N2O2/c1-3-11(14)13-9-5-4-8(7-12)6-10(9)15-2/h4-6H,3,7,12H2,1-2H3,(H,13,14). The zero-order valence-electron chi connectivity index (χ0n) is 9.04. The predicted molar refractivity (Wildman–Crippen MR) is 59.8 cm³/mol. The maximum atomic E-state index is 11.2. The Morgan fingerprint density at radius 2 is 2.27 bits per heavy atom. The number of nitrogens with two attached hydrogens (primary N) is 1. The zero-order chi connectivity index (χ0) is 11.3. The Hall–Kier alpha value is -1.55. The summed E-state index contributed by atoms with van der Waals surface area (Å²) < 4.78 is 5.16. The van der Waals surface area contributed by atoms with Gasteiger partial charge in [-0.1, -0.05) is 13.0 Å². The van der Waals surface area contributed by atoms with Crippen LogP contribution in [0, 0.1) is 0 Å². The van der Waals surface area contributed by atoms with E-state index in [0.717, 1.165) is 5.56 Å². The van der Waals surface area contributed by atoms with E-state index in [0.29, 0.717) is 24.4 Å². The molecule has 0 aliphatic carbocycles. The molecular weight excluding hydrogens is 192 g/mol. The van der Waals surface area contributed by atoms with Crippen molar-refractivity contribution in [3.63, 3.8) is 0 Å². The molecule has 0 aliphatic heterocycles. The summed E-state index contributed by atoms with van der Waals surface area (Å²) in [6, 6.07) is 5.49. The lowest BCUT2D eigenvalue weighted by atomic mass is 10.2. The van der Waals surface area contributed by atoms with Crippen LogP contribution in [0.3, 0.4) is 0 Å². The van der Waals surface area contributed by atoms with Gasteiger partial charge in [-0.25, -0.2) is 0 Å². The van der Waals surface area contributed by atoms with E-state index in [1.807, 2.05) is 12.1 Å². The maximum Gasteiger partial charge on any atom is 0.224 e. The topological polar surface area (TPSA) is 64.4 Å². The number of amides is 1. The second-order valence-electron chi connectivity index (χ2n) is 3.14. The first-order valence-electron chi connectivity index (χ1n) is 4.88. The van der Waals surface area contributed by atoms with Crippen molar-refractivity contribution in [2.24, 2.45) is 5.73 Å². The number of hydrogen-bond acceptors (Lipinski definition) is 3. The Kier molecular flexibility index (Phi) is 4.12. The average Bonchev–Trinajstić information content (AvgIpc) is 2.29. The van der Waals surface area contributed by atoms with Crippen molar-refractivity contribution in [1.82, 2.24) is 0 Å². The summed E-state index contributed by atoms with van der Waals surface area (Å²) in [5, 5.41) is 2.76. The van der Waals surface area contributed by atoms with Crippen LogP contribution in [-0.4, -0.2) is 13.0 Å². The molecule has 1 rings (SSSR count). The van der Waals surface area contributed by atoms with Gasteiger partial charge in [-0.15, -0.1) is 0 Å². The Balaban J connectivity index is 2.92. The fourth-order valence-corrected chi connectivity index (χ4v) is 1.20. The summed E-state index contributed by atoms with van der Waals surface area (Å²) in [6.07, 6.45) is 0.446. The SMILES string of the molecule is CCC(=O)Nc1ccc(CN)cc1OC. The highest BCUT2D eigenvalue weighted by Crippen LogP contribution is 2.25. The number of nitrogens with one attached hydrogen (secondary N) is 1. The van der Waals surface area contributed by atoms with E-state index in [1.165, 1.54) is 0 Å². The minimum Gasteiger partial charge on any atom is -0.495 e. The molecule has 0 aromatic heterocycles. The molecule has 0 saturated heterocycles. The fourth-order valence-electron chi connectivity index (χ4n) is 1.20. The fraction of sp³-hybridized carbons (Fsp3) is 0.364. The van der Waals surface area contributed by atoms with Gasteiger partial charge in [-0.3, -0.25) is 4.79 Å². The summed E-state index contributed by atoms with van der Waals surface area (Å²) in [6.45, 7) is 2.26. The smallest absolute Gasteiger partial charge is 0.224 e. The molecule has 0 unspecified atom stereocenters. The van der Waals surface area contributed by atoms with Gasteiger partial charge in [0.2, 0.25) is 5.91 Å². The Morgan fingerprint density at radius 1 is 1.53 bits per heavy atom. The lowest BCUT2D eigenvalue weighted by molar-refractivity contribution is -0.115. The molecular formula is C11H16N2O2. The molecule has 0 heterocycles. The number of rotatable bonds is 4. The molecule has 1 aromatic carbocycles. The van der Waals surface area contributed by atoms with Crippen molar-refractivity contribution in [3.8, 4) is 5.75 Å². The van der Waals surface area contributed by atoms with Crippen molar-refractivity contribution in [3.05, 3.63) is 23.8 Å². The number of ether oxygens (including phenoxy) is 1. The van der Waals surface area contributed by atoms with Crippen LogP contribution in [0.4, 0.5) is 5.69 Å². The number of carbonyl (C=O) groups is 1. The van der Waals surface area contributed by atoms with Gasteiger partial charge in [-0.05, 0) is 17.7 Å². The Bertz CT molecular complexity index is 350. The summed E-state index contributed by atoms with van der Waals surface area (Å²) in [7, 11) is 1.57. The van der Waals surface area contributed by atoms with Crippen molar-refractivity contribution in [2.75, 3.05) is 12.4 Å². The van der Waals surface area contributed by atoms with Crippen LogP contribution >= 0.6 is 0 Å². The van der Waals surface area contributed by atoms with Crippen LogP contribution in [0.5, 0.6) is 5.75 Å². The molecule has 82 valence electrons. The van der Waals surface area contributed by atoms with Crippen molar-refractivity contribution in [2.45, 2.75) is 19.9 Å². The third-order valence-corrected chi connectivity index (χ3v) is 2.10. The van der Waals surface area contributed by atoms with E-state index in [-0.39, 0.29) is 5.91 Å². The van der Waals surface area contributed by atoms with Crippen molar-refractivity contribution in [1.29, 1.82) is 0 Å². The first kappa shape index (κ1) is 11.5. The van der Waals surface area contributed by atoms with Crippen molar-refractivity contribution >= 4 is 11.6 Å². The van der Waals surface area contributed by atoms with E-state index in [1.54, 1.807) is 20.1 Å². The largest absolute Gasteiger partial charge is 0.495 e. The highest BCUT2D eigenvalue weighted by Gasteiger charge is 2.06. The summed E-state index contributed by atoms with van der Waals surface area (Å²) in [4.78, 5) is 11.2. The van der Waals surface area contributed by atoms with Crippen LogP contribution < -0.4 is 15.8 Å². The zero-order valence-corrected chi connectivity index (χ0v) is 9.04. The highest BCUT2D eigenvalue weighted by molar-refractivity contribution is 5.92.